The largest absolute Gasteiger partial charge is 0.462 e. The average Bonchev–Trinajstić information content (AvgIpc) is 2.89. The van der Waals surface area contributed by atoms with Gasteiger partial charge in [0.1, 0.15) is 18.1 Å². The fraction of sp³-hybridized carbons (Fsp3) is 0.714. The highest BCUT2D eigenvalue weighted by Crippen LogP contribution is 2.28. The molecule has 18 heavy (non-hydrogen) atoms. The third-order valence-corrected chi connectivity index (χ3v) is 3.59. The molecule has 1 atom stereocenters. The number of hydrogen-bond acceptors (Lipinski definition) is 4. The smallest absolute Gasteiger partial charge is 0.129 e. The second kappa shape index (κ2) is 6.92. The van der Waals surface area contributed by atoms with E-state index in [1.54, 1.807) is 0 Å². The van der Waals surface area contributed by atoms with Gasteiger partial charge in [0.15, 0.2) is 0 Å². The van der Waals surface area contributed by atoms with Gasteiger partial charge in [-0.2, -0.15) is 0 Å². The van der Waals surface area contributed by atoms with Crippen molar-refractivity contribution in [2.45, 2.75) is 38.8 Å². The summed E-state index contributed by atoms with van der Waals surface area (Å²) in [6.45, 7) is 6.46. The normalized spacial score (nSPS) is 19.0. The number of nitrogens with one attached hydrogen (secondary N) is 1. The van der Waals surface area contributed by atoms with Crippen molar-refractivity contribution in [2.24, 2.45) is 0 Å². The molecule has 1 saturated heterocycles. The van der Waals surface area contributed by atoms with Crippen LogP contribution in [-0.4, -0.2) is 36.2 Å². The van der Waals surface area contributed by atoms with Crippen LogP contribution in [0.1, 0.15) is 43.7 Å². The SMILES string of the molecule is CCCC[C@@H](c1ccc(CO)o1)N1CCNCC1. The Morgan fingerprint density at radius 1 is 1.39 bits per heavy atom. The van der Waals surface area contributed by atoms with Crippen molar-refractivity contribution in [3.63, 3.8) is 0 Å². The van der Waals surface area contributed by atoms with E-state index in [2.05, 4.69) is 17.1 Å². The maximum atomic E-state index is 9.10. The van der Waals surface area contributed by atoms with Crippen molar-refractivity contribution in [3.8, 4) is 0 Å². The zero-order chi connectivity index (χ0) is 12.8. The van der Waals surface area contributed by atoms with Crippen LogP contribution in [0.15, 0.2) is 16.5 Å². The lowest BCUT2D eigenvalue weighted by molar-refractivity contribution is 0.139. The molecule has 0 amide bonds. The zero-order valence-electron chi connectivity index (χ0n) is 11.2. The first kappa shape index (κ1) is 13.6. The quantitative estimate of drug-likeness (QED) is 0.812. The Bertz CT molecular complexity index is 345. The Morgan fingerprint density at radius 3 is 2.78 bits per heavy atom. The molecule has 1 aromatic rings. The molecule has 0 radical (unpaired) electrons. The lowest BCUT2D eigenvalue weighted by Gasteiger charge is -2.33. The molecule has 1 aromatic heterocycles. The summed E-state index contributed by atoms with van der Waals surface area (Å²) in [5.74, 6) is 1.68. The number of unbranched alkanes of at least 4 members (excludes halogenated alkanes) is 1. The standard InChI is InChI=1S/C14H24N2O2/c1-2-3-4-13(16-9-7-15-8-10-16)14-6-5-12(11-17)18-14/h5-6,13,15,17H,2-4,7-11H2,1H3/t13-/m0/s1. The lowest BCUT2D eigenvalue weighted by atomic mass is 10.0. The van der Waals surface area contributed by atoms with Gasteiger partial charge in [0.05, 0.1) is 6.04 Å². The Kier molecular flexibility index (Phi) is 5.23. The number of piperazine rings is 1. The van der Waals surface area contributed by atoms with Crippen molar-refractivity contribution in [1.29, 1.82) is 0 Å². The maximum Gasteiger partial charge on any atom is 0.129 e. The molecule has 4 heteroatoms. The number of nitrogens with zero attached hydrogens (tertiary/aromatic N) is 1. The van der Waals surface area contributed by atoms with Gasteiger partial charge >= 0.3 is 0 Å². The summed E-state index contributed by atoms with van der Waals surface area (Å²) in [7, 11) is 0. The minimum atomic E-state index is -0.0119. The minimum Gasteiger partial charge on any atom is -0.462 e. The van der Waals surface area contributed by atoms with Crippen molar-refractivity contribution in [1.82, 2.24) is 10.2 Å². The molecule has 0 bridgehead atoms. The van der Waals surface area contributed by atoms with Crippen LogP contribution in [0.25, 0.3) is 0 Å². The number of furan rings is 1. The number of rotatable bonds is 6. The number of aliphatic hydroxyl groups is 1. The van der Waals surface area contributed by atoms with Crippen LogP contribution >= 0.6 is 0 Å². The predicted octanol–water partition coefficient (Wildman–Crippen LogP) is 1.91. The Labute approximate surface area is 109 Å². The van der Waals surface area contributed by atoms with Crippen molar-refractivity contribution >= 4 is 0 Å². The van der Waals surface area contributed by atoms with Gasteiger partial charge in [-0.05, 0) is 18.6 Å². The Hall–Kier alpha value is -0.840. The Balaban J connectivity index is 2.07. The highest BCUT2D eigenvalue weighted by molar-refractivity contribution is 5.11. The summed E-state index contributed by atoms with van der Waals surface area (Å²) in [5.41, 5.74) is 0. The van der Waals surface area contributed by atoms with Crippen molar-refractivity contribution < 1.29 is 9.52 Å². The summed E-state index contributed by atoms with van der Waals surface area (Å²) in [5, 5.41) is 12.5. The topological polar surface area (TPSA) is 48.6 Å². The fourth-order valence-electron chi connectivity index (χ4n) is 2.55. The predicted molar refractivity (Wildman–Crippen MR) is 71.3 cm³/mol. The fourth-order valence-corrected chi connectivity index (χ4v) is 2.55. The van der Waals surface area contributed by atoms with Crippen molar-refractivity contribution in [3.05, 3.63) is 23.7 Å². The van der Waals surface area contributed by atoms with Gasteiger partial charge in [0.2, 0.25) is 0 Å². The van der Waals surface area contributed by atoms with Crippen LogP contribution in [0.2, 0.25) is 0 Å². The monoisotopic (exact) mass is 252 g/mol. The van der Waals surface area contributed by atoms with E-state index in [0.717, 1.165) is 38.4 Å². The molecule has 2 rings (SSSR count). The van der Waals surface area contributed by atoms with Crippen LogP contribution in [0, 0.1) is 0 Å². The molecule has 1 aliphatic rings. The van der Waals surface area contributed by atoms with Crippen LogP contribution in [0.5, 0.6) is 0 Å². The first-order valence-electron chi connectivity index (χ1n) is 6.99. The second-order valence-electron chi connectivity index (χ2n) is 4.91. The molecule has 1 aliphatic heterocycles. The maximum absolute atomic E-state index is 9.10. The van der Waals surface area contributed by atoms with E-state index in [9.17, 15) is 0 Å². The Morgan fingerprint density at radius 2 is 2.17 bits per heavy atom. The summed E-state index contributed by atoms with van der Waals surface area (Å²) < 4.78 is 5.73. The lowest BCUT2D eigenvalue weighted by Crippen LogP contribution is -2.45. The van der Waals surface area contributed by atoms with E-state index in [1.165, 1.54) is 12.8 Å². The molecule has 0 saturated carbocycles. The van der Waals surface area contributed by atoms with Gasteiger partial charge < -0.3 is 14.8 Å². The van der Waals surface area contributed by atoms with E-state index in [0.29, 0.717) is 11.8 Å². The summed E-state index contributed by atoms with van der Waals surface area (Å²) in [6, 6.07) is 4.28. The molecular formula is C14H24N2O2. The molecule has 2 N–H and O–H groups in total. The number of hydrogen-bond donors (Lipinski definition) is 2. The highest BCUT2D eigenvalue weighted by atomic mass is 16.4. The van der Waals surface area contributed by atoms with Gasteiger partial charge in [-0.15, -0.1) is 0 Å². The van der Waals surface area contributed by atoms with E-state index in [-0.39, 0.29) is 6.61 Å². The molecular weight excluding hydrogens is 228 g/mol. The van der Waals surface area contributed by atoms with Crippen LogP contribution in [0.3, 0.4) is 0 Å². The van der Waals surface area contributed by atoms with Crippen LogP contribution in [-0.2, 0) is 6.61 Å². The molecule has 1 fully saturated rings. The molecule has 0 aromatic carbocycles. The molecule has 4 nitrogen and oxygen atoms in total. The first-order valence-corrected chi connectivity index (χ1v) is 6.99. The van der Waals surface area contributed by atoms with Gasteiger partial charge in [-0.3, -0.25) is 4.90 Å². The molecule has 0 unspecified atom stereocenters. The molecule has 0 aliphatic carbocycles. The van der Waals surface area contributed by atoms with Gasteiger partial charge in [-0.1, -0.05) is 19.8 Å². The third kappa shape index (κ3) is 3.34. The second-order valence-corrected chi connectivity index (χ2v) is 4.91. The minimum absolute atomic E-state index is 0.0119. The van der Waals surface area contributed by atoms with Gasteiger partial charge in [0.25, 0.3) is 0 Å². The highest BCUT2D eigenvalue weighted by Gasteiger charge is 2.24. The summed E-state index contributed by atoms with van der Waals surface area (Å²) in [6.07, 6.45) is 3.55. The van der Waals surface area contributed by atoms with E-state index in [1.807, 2.05) is 12.1 Å². The van der Waals surface area contributed by atoms with E-state index >= 15 is 0 Å². The molecule has 2 heterocycles. The van der Waals surface area contributed by atoms with Crippen LogP contribution in [0.4, 0.5) is 0 Å². The van der Waals surface area contributed by atoms with Gasteiger partial charge in [-0.25, -0.2) is 0 Å². The van der Waals surface area contributed by atoms with Gasteiger partial charge in [0, 0.05) is 26.2 Å². The molecule has 102 valence electrons. The van der Waals surface area contributed by atoms with Crippen molar-refractivity contribution in [2.75, 3.05) is 26.2 Å². The van der Waals surface area contributed by atoms with E-state index < -0.39 is 0 Å². The zero-order valence-corrected chi connectivity index (χ0v) is 11.2. The van der Waals surface area contributed by atoms with Crippen LogP contribution < -0.4 is 5.32 Å². The van der Waals surface area contributed by atoms with E-state index in [4.69, 9.17) is 9.52 Å². The summed E-state index contributed by atoms with van der Waals surface area (Å²) in [4.78, 5) is 2.49. The third-order valence-electron chi connectivity index (χ3n) is 3.59. The first-order chi connectivity index (χ1) is 8.85. The molecule has 0 spiro atoms. The number of aliphatic hydroxyl groups excluding tert-OH is 1. The summed E-state index contributed by atoms with van der Waals surface area (Å²) >= 11 is 0. The average molecular weight is 252 g/mol.